The fourth-order valence-electron chi connectivity index (χ4n) is 7.27. The van der Waals surface area contributed by atoms with E-state index in [0.717, 1.165) is 37.8 Å². The lowest BCUT2D eigenvalue weighted by atomic mass is 9.80. The number of ketones is 1. The minimum absolute atomic E-state index is 0.00339. The van der Waals surface area contributed by atoms with Gasteiger partial charge in [0.05, 0.1) is 61.4 Å². The molecule has 1 heterocycles. The molecule has 1 aromatic carbocycles. The van der Waals surface area contributed by atoms with Gasteiger partial charge in [-0.25, -0.2) is 21.7 Å². The van der Waals surface area contributed by atoms with Crippen molar-refractivity contribution in [1.29, 1.82) is 15.8 Å². The van der Waals surface area contributed by atoms with E-state index in [1.807, 2.05) is 24.0 Å². The van der Waals surface area contributed by atoms with Crippen LogP contribution in [0.5, 0.6) is 0 Å². The van der Waals surface area contributed by atoms with E-state index in [4.69, 9.17) is 32.1 Å². The summed E-state index contributed by atoms with van der Waals surface area (Å²) in [5.74, 6) is -3.68. The van der Waals surface area contributed by atoms with E-state index in [-0.39, 0.29) is 103 Å². The second-order valence-corrected chi connectivity index (χ2v) is 14.1. The third-order valence-corrected chi connectivity index (χ3v) is 10.4. The van der Waals surface area contributed by atoms with Crippen molar-refractivity contribution in [3.63, 3.8) is 0 Å². The van der Waals surface area contributed by atoms with Crippen molar-refractivity contribution in [3.8, 4) is 18.2 Å². The van der Waals surface area contributed by atoms with Crippen LogP contribution in [0.1, 0.15) is 57.4 Å². The minimum Gasteiger partial charge on any atom is -0.506 e. The Hall–Kier alpha value is -7.72. The van der Waals surface area contributed by atoms with E-state index < -0.39 is 35.6 Å². The number of allylic oxidation sites excluding steroid dienone is 4. The predicted octanol–water partition coefficient (Wildman–Crippen LogP) is 4.51. The molecule has 0 radical (unpaired) electrons. The number of aliphatic hydroxyl groups is 2. The Morgan fingerprint density at radius 2 is 1.66 bits per heavy atom. The number of hydrazone groups is 1. The van der Waals surface area contributed by atoms with Crippen molar-refractivity contribution >= 4 is 40.6 Å². The molecule has 1 aromatic rings. The number of benzene rings is 1. The highest BCUT2D eigenvalue weighted by molar-refractivity contribution is 6.45. The van der Waals surface area contributed by atoms with Crippen molar-refractivity contribution in [2.45, 2.75) is 64.0 Å². The van der Waals surface area contributed by atoms with Gasteiger partial charge in [-0.2, -0.15) is 15.6 Å². The largest absolute Gasteiger partial charge is 0.506 e. The molecule has 2 unspecified atom stereocenters. The molecule has 2 atom stereocenters. The van der Waals surface area contributed by atoms with Gasteiger partial charge in [0.1, 0.15) is 55.7 Å². The maximum Gasteiger partial charge on any atom is 0.320 e. The van der Waals surface area contributed by atoms with E-state index in [1.54, 1.807) is 30.3 Å². The molecular formula is C44H42N8O10. The van der Waals surface area contributed by atoms with Gasteiger partial charge in [-0.05, 0) is 49.6 Å². The number of rotatable bonds is 18. The zero-order valence-corrected chi connectivity index (χ0v) is 33.8. The lowest BCUT2D eigenvalue weighted by Crippen LogP contribution is -2.36. The van der Waals surface area contributed by atoms with Crippen LogP contribution in [-0.2, 0) is 38.1 Å². The van der Waals surface area contributed by atoms with Crippen LogP contribution in [0.15, 0.2) is 81.2 Å². The van der Waals surface area contributed by atoms with Crippen LogP contribution in [0.4, 0.5) is 5.69 Å². The number of esters is 2. The summed E-state index contributed by atoms with van der Waals surface area (Å²) in [6.07, 6.45) is 6.57. The average Bonchev–Trinajstić information content (AvgIpc) is 3.61. The summed E-state index contributed by atoms with van der Waals surface area (Å²) in [7, 11) is 0. The van der Waals surface area contributed by atoms with Crippen LogP contribution in [0.2, 0.25) is 0 Å². The summed E-state index contributed by atoms with van der Waals surface area (Å²) in [4.78, 5) is 59.9. The van der Waals surface area contributed by atoms with Gasteiger partial charge < -0.3 is 34.1 Å². The van der Waals surface area contributed by atoms with Gasteiger partial charge in [-0.1, -0.05) is 31.4 Å². The molecule has 0 aromatic heterocycles. The Bertz CT molecular complexity index is 2340. The highest BCUT2D eigenvalue weighted by Crippen LogP contribution is 2.41. The molecule has 5 rings (SSSR count). The van der Waals surface area contributed by atoms with Gasteiger partial charge in [0.2, 0.25) is 5.78 Å². The summed E-state index contributed by atoms with van der Waals surface area (Å²) in [5.41, 5.74) is 0.319. The fourth-order valence-corrected chi connectivity index (χ4v) is 7.27. The first-order chi connectivity index (χ1) is 30.0. The Morgan fingerprint density at radius 1 is 0.968 bits per heavy atom. The molecule has 4 aliphatic rings. The Morgan fingerprint density at radius 3 is 2.24 bits per heavy atom. The molecule has 18 nitrogen and oxygen atoms in total. The number of anilines is 1. The highest BCUT2D eigenvalue weighted by atomic mass is 16.6. The molecule has 1 saturated carbocycles. The first-order valence-electron chi connectivity index (χ1n) is 19.9. The van der Waals surface area contributed by atoms with Crippen LogP contribution in [0, 0.1) is 53.1 Å². The average molecular weight is 843 g/mol. The molecule has 318 valence electrons. The van der Waals surface area contributed by atoms with Crippen molar-refractivity contribution in [2.75, 3.05) is 51.0 Å². The number of ether oxygens (including phenoxy) is 4. The smallest absolute Gasteiger partial charge is 0.320 e. The monoisotopic (exact) mass is 842 g/mol. The zero-order chi connectivity index (χ0) is 44.8. The number of hydrogen-bond donors (Lipinski definition) is 2. The number of likely N-dealkylation sites (N-methyl/N-ethyl adjacent to an activating group) is 1. The first kappa shape index (κ1) is 45.4. The van der Waals surface area contributed by atoms with Gasteiger partial charge in [0.15, 0.2) is 11.8 Å². The van der Waals surface area contributed by atoms with Gasteiger partial charge in [0, 0.05) is 17.8 Å². The number of carbonyl (C=O) groups is 4. The predicted molar refractivity (Wildman–Crippen MR) is 218 cm³/mol. The number of carbonyl (C=O) groups excluding carboxylic acids is 4. The Balaban J connectivity index is 1.08. The summed E-state index contributed by atoms with van der Waals surface area (Å²) in [6.45, 7) is 16.5. The van der Waals surface area contributed by atoms with E-state index in [0.29, 0.717) is 18.7 Å². The summed E-state index contributed by atoms with van der Waals surface area (Å²) in [6, 6.07) is 10.9. The summed E-state index contributed by atoms with van der Waals surface area (Å²) >= 11 is 0. The third-order valence-electron chi connectivity index (χ3n) is 10.4. The number of hydrogen-bond acceptors (Lipinski definition) is 15. The lowest BCUT2D eigenvalue weighted by Gasteiger charge is -2.28. The number of amides is 1. The molecular weight excluding hydrogens is 801 g/mol. The van der Waals surface area contributed by atoms with Crippen LogP contribution < -0.4 is 4.90 Å². The molecule has 1 aliphatic heterocycles. The van der Waals surface area contributed by atoms with Crippen molar-refractivity contribution in [1.82, 2.24) is 5.01 Å². The zero-order valence-electron chi connectivity index (χ0n) is 33.8. The number of nitrogens with zero attached hydrogens (tertiary/aromatic N) is 8. The highest BCUT2D eigenvalue weighted by Gasteiger charge is 2.45. The van der Waals surface area contributed by atoms with Crippen molar-refractivity contribution in [2.24, 2.45) is 11.0 Å². The van der Waals surface area contributed by atoms with Crippen molar-refractivity contribution < 1.29 is 48.3 Å². The molecule has 0 bridgehead atoms. The lowest BCUT2D eigenvalue weighted by molar-refractivity contribution is -0.150. The quantitative estimate of drug-likeness (QED) is 0.0679. The van der Waals surface area contributed by atoms with E-state index in [1.165, 1.54) is 17.2 Å². The molecule has 0 saturated heterocycles. The van der Waals surface area contributed by atoms with Crippen LogP contribution in [0.25, 0.3) is 15.3 Å². The SMILES string of the molecule is [C-]#[N+]/C(C#N)=C1\C=C(OCCOC(=O)CCC(=O)OCCN(CC)c2ccc(C3=C(O)/C(=C4\C(=O)N(C5CCCCC5)N=C4C#N)C3=O)cc2)C(C(C#N)[N+]#[C-])C=C1OCCO. The third kappa shape index (κ3) is 10.2. The minimum atomic E-state index is -1.25. The topological polar surface area (TPSA) is 245 Å². The molecule has 2 N–H and O–H groups in total. The second-order valence-electron chi connectivity index (χ2n) is 14.1. The van der Waals surface area contributed by atoms with E-state index in [9.17, 15) is 45.2 Å². The molecule has 1 amide bonds. The van der Waals surface area contributed by atoms with Gasteiger partial charge in [-0.3, -0.25) is 24.0 Å². The summed E-state index contributed by atoms with van der Waals surface area (Å²) < 4.78 is 21.7. The molecule has 3 aliphatic carbocycles. The first-order valence-corrected chi connectivity index (χ1v) is 19.9. The summed E-state index contributed by atoms with van der Waals surface area (Å²) in [5, 5.41) is 54.3. The van der Waals surface area contributed by atoms with Gasteiger partial charge in [0.25, 0.3) is 11.6 Å². The van der Waals surface area contributed by atoms with E-state index >= 15 is 0 Å². The molecule has 62 heavy (non-hydrogen) atoms. The van der Waals surface area contributed by atoms with Crippen LogP contribution in [-0.4, -0.2) is 103 Å². The van der Waals surface area contributed by atoms with Crippen molar-refractivity contribution in [3.05, 3.63) is 105 Å². The number of nitriles is 3. The Kier molecular flexibility index (Phi) is 15.7. The maximum absolute atomic E-state index is 13.3. The molecule has 1 fully saturated rings. The fraction of sp³-hybridized carbons (Fsp3) is 0.409. The molecule has 18 heteroatoms. The number of aliphatic hydroxyl groups excluding tert-OH is 2. The van der Waals surface area contributed by atoms with E-state index in [2.05, 4.69) is 14.8 Å². The van der Waals surface area contributed by atoms with Crippen LogP contribution in [0.3, 0.4) is 0 Å². The standard InChI is InChI=1S/C44H42N8O10/c1-4-51(28-12-10-27(11-13-28)39-42(56)41(43(39)57)40-34(26-47)50-52(44(40)58)29-8-6-5-7-9-29)16-18-61-37(54)14-15-38(55)62-21-20-60-36-23-30(32(24-45)48-2)35(59-19-17-53)22-31(36)33(25-46)49-3/h10-13,22-23,29,31,33,53,56H,4-9,14-21H2,1H3/b32-30+,41-40+. The molecule has 0 spiro atoms. The van der Waals surface area contributed by atoms with Crippen LogP contribution >= 0.6 is 0 Å². The Labute approximate surface area is 357 Å². The number of Topliss-reactive ketones (excluding diaryl/α,β-unsaturated/α-hetero) is 1. The van der Waals surface area contributed by atoms with Gasteiger partial charge >= 0.3 is 18.0 Å². The second kappa shape index (κ2) is 21.5. The normalized spacial score (nSPS) is 19.8. The maximum atomic E-state index is 13.3. The van der Waals surface area contributed by atoms with Gasteiger partial charge in [-0.15, -0.1) is 0 Å².